The molecule has 0 aliphatic carbocycles. The molecule has 0 unspecified atom stereocenters. The number of aromatic nitrogens is 2. The van der Waals surface area contributed by atoms with E-state index in [0.29, 0.717) is 0 Å². The number of aryl methyl sites for hydroxylation is 1. The molecule has 4 heteroatoms. The highest BCUT2D eigenvalue weighted by molar-refractivity contribution is 5.31. The van der Waals surface area contributed by atoms with Crippen LogP contribution < -0.4 is 10.2 Å². The zero-order valence-electron chi connectivity index (χ0n) is 11.0. The van der Waals surface area contributed by atoms with Crippen molar-refractivity contribution in [1.29, 1.82) is 0 Å². The topological polar surface area (TPSA) is 33.1 Å². The molecule has 0 spiro atoms. The number of hydrogen-bond donors (Lipinski definition) is 1. The lowest BCUT2D eigenvalue weighted by Crippen LogP contribution is -2.38. The molecular formula is C13H24N4. The highest BCUT2D eigenvalue weighted by Crippen LogP contribution is 2.21. The van der Waals surface area contributed by atoms with Crippen LogP contribution in [0.4, 0.5) is 5.95 Å². The van der Waals surface area contributed by atoms with Crippen LogP contribution in [0.3, 0.4) is 0 Å². The fourth-order valence-corrected chi connectivity index (χ4v) is 2.63. The van der Waals surface area contributed by atoms with Crippen LogP contribution in [0.5, 0.6) is 0 Å². The van der Waals surface area contributed by atoms with E-state index in [1.165, 1.54) is 19.3 Å². The Balaban J connectivity index is 1.93. The minimum Gasteiger partial charge on any atom is -0.342 e. The van der Waals surface area contributed by atoms with Crippen molar-refractivity contribution in [3.8, 4) is 0 Å². The molecule has 1 aliphatic rings. The van der Waals surface area contributed by atoms with Crippen LogP contribution in [0.25, 0.3) is 0 Å². The van der Waals surface area contributed by atoms with Crippen molar-refractivity contribution in [2.75, 3.05) is 31.6 Å². The summed E-state index contributed by atoms with van der Waals surface area (Å²) in [6, 6.07) is 0. The minimum atomic E-state index is 0.839. The molecule has 2 heterocycles. The minimum absolute atomic E-state index is 0.839. The fraction of sp³-hybridized carbons (Fsp3) is 0.769. The van der Waals surface area contributed by atoms with Gasteiger partial charge in [-0.1, -0.05) is 6.92 Å². The molecule has 1 saturated heterocycles. The van der Waals surface area contributed by atoms with Crippen LogP contribution in [-0.2, 0) is 6.54 Å². The maximum Gasteiger partial charge on any atom is 0.205 e. The molecule has 1 fully saturated rings. The number of nitrogens with one attached hydrogen (secondary N) is 1. The van der Waals surface area contributed by atoms with Crippen LogP contribution in [0.1, 0.15) is 26.2 Å². The van der Waals surface area contributed by atoms with Crippen LogP contribution >= 0.6 is 0 Å². The van der Waals surface area contributed by atoms with Crippen molar-refractivity contribution >= 4 is 5.95 Å². The first-order valence-electron chi connectivity index (χ1n) is 6.75. The first kappa shape index (κ1) is 12.4. The monoisotopic (exact) mass is 236 g/mol. The summed E-state index contributed by atoms with van der Waals surface area (Å²) in [5.41, 5.74) is 0. The van der Waals surface area contributed by atoms with Gasteiger partial charge in [0, 0.05) is 32.0 Å². The van der Waals surface area contributed by atoms with E-state index in [1.54, 1.807) is 0 Å². The maximum absolute atomic E-state index is 4.50. The normalized spacial score (nSPS) is 17.6. The highest BCUT2D eigenvalue weighted by atomic mass is 15.3. The lowest BCUT2D eigenvalue weighted by Gasteiger charge is -2.32. The summed E-state index contributed by atoms with van der Waals surface area (Å²) in [5, 5.41) is 3.28. The third-order valence-electron chi connectivity index (χ3n) is 3.55. The fourth-order valence-electron chi connectivity index (χ4n) is 2.63. The van der Waals surface area contributed by atoms with Gasteiger partial charge in [-0.25, -0.2) is 4.98 Å². The second-order valence-corrected chi connectivity index (χ2v) is 4.91. The molecular weight excluding hydrogens is 212 g/mol. The third-order valence-corrected chi connectivity index (χ3v) is 3.55. The van der Waals surface area contributed by atoms with Gasteiger partial charge in [-0.05, 0) is 38.8 Å². The number of anilines is 1. The van der Waals surface area contributed by atoms with E-state index < -0.39 is 0 Å². The van der Waals surface area contributed by atoms with Crippen molar-refractivity contribution < 1.29 is 0 Å². The zero-order chi connectivity index (χ0) is 12.1. The van der Waals surface area contributed by atoms with Gasteiger partial charge in [0.25, 0.3) is 0 Å². The molecule has 4 nitrogen and oxygen atoms in total. The van der Waals surface area contributed by atoms with Gasteiger partial charge in [0.05, 0.1) is 0 Å². The van der Waals surface area contributed by atoms with Crippen molar-refractivity contribution in [1.82, 2.24) is 14.9 Å². The molecule has 1 N–H and O–H groups in total. The zero-order valence-corrected chi connectivity index (χ0v) is 11.0. The molecule has 0 bridgehead atoms. The number of nitrogens with zero attached hydrogens (tertiary/aromatic N) is 3. The van der Waals surface area contributed by atoms with Gasteiger partial charge >= 0.3 is 0 Å². The van der Waals surface area contributed by atoms with Gasteiger partial charge in [0.15, 0.2) is 0 Å². The lowest BCUT2D eigenvalue weighted by molar-refractivity contribution is 0.388. The molecule has 0 radical (unpaired) electrons. The van der Waals surface area contributed by atoms with Crippen LogP contribution in [0, 0.1) is 5.92 Å². The SMILES string of the molecule is CCCn1ccnc1N1CCC(CNC)CC1. The van der Waals surface area contributed by atoms with Gasteiger partial charge in [0.1, 0.15) is 0 Å². The standard InChI is InChI=1S/C13H24N4/c1-3-7-16-10-6-15-13(16)17-8-4-12(5-9-17)11-14-2/h6,10,12,14H,3-5,7-9,11H2,1-2H3. The molecule has 96 valence electrons. The van der Waals surface area contributed by atoms with E-state index in [1.807, 2.05) is 13.2 Å². The van der Waals surface area contributed by atoms with Crippen molar-refractivity contribution in [2.45, 2.75) is 32.7 Å². The predicted octanol–water partition coefficient (Wildman–Crippen LogP) is 1.73. The summed E-state index contributed by atoms with van der Waals surface area (Å²) in [5.74, 6) is 2.00. The highest BCUT2D eigenvalue weighted by Gasteiger charge is 2.21. The summed E-state index contributed by atoms with van der Waals surface area (Å²) in [7, 11) is 2.04. The van der Waals surface area contributed by atoms with E-state index in [0.717, 1.165) is 38.0 Å². The summed E-state index contributed by atoms with van der Waals surface area (Å²) in [6.07, 6.45) is 7.74. The molecule has 17 heavy (non-hydrogen) atoms. The van der Waals surface area contributed by atoms with E-state index in [9.17, 15) is 0 Å². The second-order valence-electron chi connectivity index (χ2n) is 4.91. The predicted molar refractivity (Wildman–Crippen MR) is 71.4 cm³/mol. The number of imidazole rings is 1. The van der Waals surface area contributed by atoms with Gasteiger partial charge in [0.2, 0.25) is 5.95 Å². The molecule has 1 aromatic rings. The van der Waals surface area contributed by atoms with E-state index in [4.69, 9.17) is 0 Å². The average molecular weight is 236 g/mol. The summed E-state index contributed by atoms with van der Waals surface area (Å²) in [4.78, 5) is 6.94. The smallest absolute Gasteiger partial charge is 0.205 e. The Morgan fingerprint density at radius 2 is 2.18 bits per heavy atom. The van der Waals surface area contributed by atoms with Gasteiger partial charge < -0.3 is 14.8 Å². The Bertz CT molecular complexity index is 326. The Labute approximate surface area is 104 Å². The summed E-state index contributed by atoms with van der Waals surface area (Å²) >= 11 is 0. The van der Waals surface area contributed by atoms with Gasteiger partial charge in [-0.3, -0.25) is 0 Å². The molecule has 0 atom stereocenters. The van der Waals surface area contributed by atoms with Crippen LogP contribution in [0.2, 0.25) is 0 Å². The van der Waals surface area contributed by atoms with Gasteiger partial charge in [-0.2, -0.15) is 0 Å². The van der Waals surface area contributed by atoms with E-state index in [-0.39, 0.29) is 0 Å². The van der Waals surface area contributed by atoms with Crippen LogP contribution in [0.15, 0.2) is 12.4 Å². The average Bonchev–Trinajstić information content (AvgIpc) is 2.79. The number of piperidine rings is 1. The van der Waals surface area contributed by atoms with Crippen molar-refractivity contribution in [2.24, 2.45) is 5.92 Å². The second kappa shape index (κ2) is 6.05. The summed E-state index contributed by atoms with van der Waals surface area (Å²) in [6.45, 7) is 6.73. The molecule has 0 amide bonds. The first-order chi connectivity index (χ1) is 8.35. The molecule has 0 saturated carbocycles. The molecule has 0 aromatic carbocycles. The van der Waals surface area contributed by atoms with Gasteiger partial charge in [-0.15, -0.1) is 0 Å². The van der Waals surface area contributed by atoms with Crippen molar-refractivity contribution in [3.05, 3.63) is 12.4 Å². The third kappa shape index (κ3) is 3.00. The first-order valence-corrected chi connectivity index (χ1v) is 6.75. The Morgan fingerprint density at radius 3 is 2.82 bits per heavy atom. The van der Waals surface area contributed by atoms with Crippen LogP contribution in [-0.4, -0.2) is 36.2 Å². The van der Waals surface area contributed by atoms with E-state index >= 15 is 0 Å². The Kier molecular flexibility index (Phi) is 4.42. The molecule has 1 aliphatic heterocycles. The lowest BCUT2D eigenvalue weighted by atomic mass is 9.97. The largest absolute Gasteiger partial charge is 0.342 e. The van der Waals surface area contributed by atoms with Crippen molar-refractivity contribution in [3.63, 3.8) is 0 Å². The number of hydrogen-bond acceptors (Lipinski definition) is 3. The van der Waals surface area contributed by atoms with E-state index in [2.05, 4.69) is 32.9 Å². The number of rotatable bonds is 5. The maximum atomic E-state index is 4.50. The summed E-state index contributed by atoms with van der Waals surface area (Å²) < 4.78 is 2.28. The Hall–Kier alpha value is -1.03. The molecule has 2 rings (SSSR count). The molecule has 1 aromatic heterocycles. The Morgan fingerprint density at radius 1 is 1.41 bits per heavy atom. The quantitative estimate of drug-likeness (QED) is 0.845.